The van der Waals surface area contributed by atoms with Crippen LogP contribution in [0.5, 0.6) is 0 Å². The molecule has 0 radical (unpaired) electrons. The topological polar surface area (TPSA) is 52.6 Å². The molecule has 0 fully saturated rings. The van der Waals surface area contributed by atoms with Gasteiger partial charge in [0.1, 0.15) is 6.61 Å². The van der Waals surface area contributed by atoms with Gasteiger partial charge in [0.2, 0.25) is 0 Å². The van der Waals surface area contributed by atoms with Gasteiger partial charge in [-0.05, 0) is 18.2 Å². The SMILES string of the molecule is COC(=O)/C=C/COC(=O)c1ccccc1. The van der Waals surface area contributed by atoms with Crippen LogP contribution in [0.4, 0.5) is 0 Å². The first kappa shape index (κ1) is 12.0. The zero-order valence-electron chi connectivity index (χ0n) is 8.88. The van der Waals surface area contributed by atoms with Gasteiger partial charge in [0, 0.05) is 6.08 Å². The van der Waals surface area contributed by atoms with Crippen LogP contribution in [-0.2, 0) is 14.3 Å². The first-order valence-corrected chi connectivity index (χ1v) is 4.70. The molecule has 0 atom stereocenters. The molecule has 4 nitrogen and oxygen atoms in total. The number of carbonyl (C=O) groups excluding carboxylic acids is 2. The molecule has 0 aliphatic heterocycles. The Kier molecular flexibility index (Phi) is 4.79. The van der Waals surface area contributed by atoms with Gasteiger partial charge >= 0.3 is 11.9 Å². The standard InChI is InChI=1S/C12H12O4/c1-15-11(13)8-5-9-16-12(14)10-6-3-2-4-7-10/h2-8H,9H2,1H3/b8-5+. The Labute approximate surface area is 93.5 Å². The molecule has 0 aromatic heterocycles. The molecule has 0 spiro atoms. The third-order valence-electron chi connectivity index (χ3n) is 1.78. The fourth-order valence-electron chi connectivity index (χ4n) is 0.994. The lowest BCUT2D eigenvalue weighted by Crippen LogP contribution is -2.05. The van der Waals surface area contributed by atoms with Crippen molar-refractivity contribution in [3.05, 3.63) is 48.0 Å². The van der Waals surface area contributed by atoms with Gasteiger partial charge in [-0.3, -0.25) is 0 Å². The Morgan fingerprint density at radius 3 is 2.56 bits per heavy atom. The summed E-state index contributed by atoms with van der Waals surface area (Å²) in [6.45, 7) is 0.0445. The lowest BCUT2D eigenvalue weighted by atomic mass is 10.2. The monoisotopic (exact) mass is 220 g/mol. The first-order valence-electron chi connectivity index (χ1n) is 4.70. The smallest absolute Gasteiger partial charge is 0.338 e. The molecule has 16 heavy (non-hydrogen) atoms. The van der Waals surface area contributed by atoms with Crippen LogP contribution in [0.2, 0.25) is 0 Å². The molecule has 0 saturated carbocycles. The van der Waals surface area contributed by atoms with Crippen LogP contribution in [-0.4, -0.2) is 25.7 Å². The van der Waals surface area contributed by atoms with Gasteiger partial charge in [-0.25, -0.2) is 9.59 Å². The molecule has 4 heteroatoms. The van der Waals surface area contributed by atoms with E-state index in [2.05, 4.69) is 4.74 Å². The average molecular weight is 220 g/mol. The summed E-state index contributed by atoms with van der Waals surface area (Å²) in [5.41, 5.74) is 0.481. The van der Waals surface area contributed by atoms with Crippen molar-refractivity contribution in [2.24, 2.45) is 0 Å². The number of hydrogen-bond donors (Lipinski definition) is 0. The van der Waals surface area contributed by atoms with E-state index in [-0.39, 0.29) is 6.61 Å². The van der Waals surface area contributed by atoms with Crippen LogP contribution in [0, 0.1) is 0 Å². The molecule has 1 aromatic rings. The van der Waals surface area contributed by atoms with Crippen molar-refractivity contribution in [3.8, 4) is 0 Å². The third-order valence-corrected chi connectivity index (χ3v) is 1.78. The van der Waals surface area contributed by atoms with Crippen molar-refractivity contribution in [2.75, 3.05) is 13.7 Å². The molecule has 0 amide bonds. The summed E-state index contributed by atoms with van der Waals surface area (Å²) in [5, 5.41) is 0. The van der Waals surface area contributed by atoms with E-state index in [0.717, 1.165) is 0 Å². The molecule has 0 heterocycles. The number of carbonyl (C=O) groups is 2. The van der Waals surface area contributed by atoms with E-state index in [9.17, 15) is 9.59 Å². The van der Waals surface area contributed by atoms with E-state index in [0.29, 0.717) is 5.56 Å². The average Bonchev–Trinajstić information content (AvgIpc) is 2.35. The fourth-order valence-corrected chi connectivity index (χ4v) is 0.994. The van der Waals surface area contributed by atoms with Crippen LogP contribution in [0.3, 0.4) is 0 Å². The van der Waals surface area contributed by atoms with E-state index < -0.39 is 11.9 Å². The molecule has 84 valence electrons. The molecule has 1 aromatic carbocycles. The Bertz CT molecular complexity index is 381. The number of ether oxygens (including phenoxy) is 2. The number of hydrogen-bond acceptors (Lipinski definition) is 4. The van der Waals surface area contributed by atoms with Crippen molar-refractivity contribution in [3.63, 3.8) is 0 Å². The Hall–Kier alpha value is -2.10. The predicted molar refractivity (Wildman–Crippen MR) is 57.9 cm³/mol. The van der Waals surface area contributed by atoms with Crippen LogP contribution < -0.4 is 0 Å². The first-order chi connectivity index (χ1) is 7.74. The van der Waals surface area contributed by atoms with E-state index >= 15 is 0 Å². The second-order valence-corrected chi connectivity index (χ2v) is 2.89. The highest BCUT2D eigenvalue weighted by molar-refractivity contribution is 5.89. The lowest BCUT2D eigenvalue weighted by Gasteiger charge is -2.00. The summed E-state index contributed by atoms with van der Waals surface area (Å²) < 4.78 is 9.27. The largest absolute Gasteiger partial charge is 0.466 e. The normalized spacial score (nSPS) is 10.1. The maximum Gasteiger partial charge on any atom is 0.338 e. The zero-order chi connectivity index (χ0) is 11.8. The van der Waals surface area contributed by atoms with Crippen LogP contribution in [0.1, 0.15) is 10.4 Å². The minimum absolute atomic E-state index is 0.0445. The second-order valence-electron chi connectivity index (χ2n) is 2.89. The zero-order valence-corrected chi connectivity index (χ0v) is 8.88. The Morgan fingerprint density at radius 1 is 1.25 bits per heavy atom. The molecule has 1 rings (SSSR count). The summed E-state index contributed by atoms with van der Waals surface area (Å²) in [5.74, 6) is -0.897. The highest BCUT2D eigenvalue weighted by Crippen LogP contribution is 2.00. The summed E-state index contributed by atoms with van der Waals surface area (Å²) in [7, 11) is 1.28. The molecule has 0 unspecified atom stereocenters. The van der Waals surface area contributed by atoms with Crippen LogP contribution in [0.15, 0.2) is 42.5 Å². The van der Waals surface area contributed by atoms with E-state index in [4.69, 9.17) is 4.74 Å². The molecular weight excluding hydrogens is 208 g/mol. The summed E-state index contributed by atoms with van der Waals surface area (Å²) in [6.07, 6.45) is 2.63. The van der Waals surface area contributed by atoms with Crippen molar-refractivity contribution in [1.82, 2.24) is 0 Å². The quantitative estimate of drug-likeness (QED) is 0.571. The van der Waals surface area contributed by atoms with Crippen molar-refractivity contribution in [1.29, 1.82) is 0 Å². The fraction of sp³-hybridized carbons (Fsp3) is 0.167. The molecule has 0 N–H and O–H groups in total. The summed E-state index contributed by atoms with van der Waals surface area (Å²) >= 11 is 0. The lowest BCUT2D eigenvalue weighted by molar-refractivity contribution is -0.134. The van der Waals surface area contributed by atoms with E-state index in [1.165, 1.54) is 19.3 Å². The van der Waals surface area contributed by atoms with Gasteiger partial charge in [-0.2, -0.15) is 0 Å². The summed E-state index contributed by atoms with van der Waals surface area (Å²) in [4.78, 5) is 22.1. The molecule has 0 aliphatic carbocycles. The van der Waals surface area contributed by atoms with Crippen LogP contribution in [0.25, 0.3) is 0 Å². The van der Waals surface area contributed by atoms with Crippen molar-refractivity contribution >= 4 is 11.9 Å². The second kappa shape index (κ2) is 6.40. The maximum atomic E-state index is 11.4. The Morgan fingerprint density at radius 2 is 1.94 bits per heavy atom. The predicted octanol–water partition coefficient (Wildman–Crippen LogP) is 1.57. The number of esters is 2. The van der Waals surface area contributed by atoms with Gasteiger partial charge in [0.25, 0.3) is 0 Å². The van der Waals surface area contributed by atoms with Gasteiger partial charge in [-0.1, -0.05) is 18.2 Å². The van der Waals surface area contributed by atoms with Gasteiger partial charge < -0.3 is 9.47 Å². The number of rotatable bonds is 4. The van der Waals surface area contributed by atoms with Crippen LogP contribution >= 0.6 is 0 Å². The molecule has 0 saturated heterocycles. The minimum atomic E-state index is -0.476. The molecular formula is C12H12O4. The van der Waals surface area contributed by atoms with Crippen molar-refractivity contribution in [2.45, 2.75) is 0 Å². The molecule has 0 aliphatic rings. The minimum Gasteiger partial charge on any atom is -0.466 e. The highest BCUT2D eigenvalue weighted by Gasteiger charge is 2.03. The van der Waals surface area contributed by atoms with Gasteiger partial charge in [0.05, 0.1) is 12.7 Å². The van der Waals surface area contributed by atoms with Gasteiger partial charge in [0.15, 0.2) is 0 Å². The van der Waals surface area contributed by atoms with E-state index in [1.807, 2.05) is 6.07 Å². The Balaban J connectivity index is 2.37. The number of benzene rings is 1. The highest BCUT2D eigenvalue weighted by atomic mass is 16.5. The summed E-state index contributed by atoms with van der Waals surface area (Å²) in [6, 6.07) is 8.63. The van der Waals surface area contributed by atoms with Crippen molar-refractivity contribution < 1.29 is 19.1 Å². The van der Waals surface area contributed by atoms with E-state index in [1.54, 1.807) is 24.3 Å². The number of methoxy groups -OCH3 is 1. The maximum absolute atomic E-state index is 11.4. The van der Waals surface area contributed by atoms with Gasteiger partial charge in [-0.15, -0.1) is 0 Å². The third kappa shape index (κ3) is 3.96. The molecule has 0 bridgehead atoms.